The second-order valence-electron chi connectivity index (χ2n) is 6.91. The van der Waals surface area contributed by atoms with Gasteiger partial charge in [0.15, 0.2) is 0 Å². The van der Waals surface area contributed by atoms with Crippen LogP contribution < -0.4 is 5.32 Å². The van der Waals surface area contributed by atoms with E-state index in [1.165, 1.54) is 6.42 Å². The Labute approximate surface area is 158 Å². The summed E-state index contributed by atoms with van der Waals surface area (Å²) in [4.78, 5) is 27.2. The van der Waals surface area contributed by atoms with Crippen molar-refractivity contribution < 1.29 is 9.59 Å². The number of hydrogen-bond acceptors (Lipinski definition) is 2. The fourth-order valence-corrected chi connectivity index (χ4v) is 3.60. The summed E-state index contributed by atoms with van der Waals surface area (Å²) in [5.41, 5.74) is 1.99. The minimum Gasteiger partial charge on any atom is -0.339 e. The van der Waals surface area contributed by atoms with E-state index in [1.807, 2.05) is 47.4 Å². The molecule has 0 radical (unpaired) electrons. The first-order chi connectivity index (χ1) is 13.2. The lowest BCUT2D eigenvalue weighted by Gasteiger charge is -2.26. The maximum atomic E-state index is 12.7. The summed E-state index contributed by atoms with van der Waals surface area (Å²) in [7, 11) is 0. The summed E-state index contributed by atoms with van der Waals surface area (Å²) in [6.07, 6.45) is 3.35. The lowest BCUT2D eigenvalue weighted by Crippen LogP contribution is -2.35. The summed E-state index contributed by atoms with van der Waals surface area (Å²) in [6.45, 7) is 1.66. The van der Waals surface area contributed by atoms with E-state index in [1.54, 1.807) is 24.3 Å². The van der Waals surface area contributed by atoms with Crippen molar-refractivity contribution in [2.75, 3.05) is 18.4 Å². The number of carbonyl (C=O) groups is 2. The zero-order valence-corrected chi connectivity index (χ0v) is 15.2. The highest BCUT2D eigenvalue weighted by atomic mass is 16.2. The van der Waals surface area contributed by atoms with E-state index >= 15 is 0 Å². The van der Waals surface area contributed by atoms with Crippen LogP contribution in [0.1, 0.15) is 40.0 Å². The SMILES string of the molecule is O=C(Nc1ccc(C(=O)N2CCCCC2)cc1)c1cccc2ccccc12. The van der Waals surface area contributed by atoms with E-state index in [4.69, 9.17) is 0 Å². The van der Waals surface area contributed by atoms with Crippen LogP contribution in [0.3, 0.4) is 0 Å². The van der Waals surface area contributed by atoms with Crippen molar-refractivity contribution in [1.29, 1.82) is 0 Å². The molecular formula is C23H22N2O2. The molecule has 1 aliphatic heterocycles. The molecule has 1 heterocycles. The van der Waals surface area contributed by atoms with Crippen LogP contribution in [-0.2, 0) is 0 Å². The average molecular weight is 358 g/mol. The number of fused-ring (bicyclic) bond motifs is 1. The van der Waals surface area contributed by atoms with Crippen LogP contribution in [0, 0.1) is 0 Å². The molecule has 2 amide bonds. The third-order valence-electron chi connectivity index (χ3n) is 5.07. The van der Waals surface area contributed by atoms with Crippen LogP contribution in [0.25, 0.3) is 10.8 Å². The summed E-state index contributed by atoms with van der Waals surface area (Å²) in [6, 6.07) is 20.7. The highest BCUT2D eigenvalue weighted by Gasteiger charge is 2.18. The van der Waals surface area contributed by atoms with Gasteiger partial charge in [-0.05, 0) is 60.4 Å². The van der Waals surface area contributed by atoms with Gasteiger partial charge >= 0.3 is 0 Å². The molecule has 4 rings (SSSR count). The Bertz CT molecular complexity index is 968. The van der Waals surface area contributed by atoms with Gasteiger partial charge in [-0.15, -0.1) is 0 Å². The molecule has 0 aromatic heterocycles. The normalized spacial score (nSPS) is 14.1. The van der Waals surface area contributed by atoms with Crippen molar-refractivity contribution in [2.45, 2.75) is 19.3 Å². The highest BCUT2D eigenvalue weighted by molar-refractivity contribution is 6.13. The van der Waals surface area contributed by atoms with Crippen molar-refractivity contribution in [1.82, 2.24) is 4.90 Å². The number of hydrogen-bond donors (Lipinski definition) is 1. The predicted molar refractivity (Wildman–Crippen MR) is 108 cm³/mol. The molecule has 0 bridgehead atoms. The zero-order chi connectivity index (χ0) is 18.6. The minimum absolute atomic E-state index is 0.0710. The fraction of sp³-hybridized carbons (Fsp3) is 0.217. The van der Waals surface area contributed by atoms with Crippen LogP contribution in [0.15, 0.2) is 66.7 Å². The van der Waals surface area contributed by atoms with Gasteiger partial charge in [-0.1, -0.05) is 36.4 Å². The molecule has 4 nitrogen and oxygen atoms in total. The van der Waals surface area contributed by atoms with Crippen LogP contribution in [0.5, 0.6) is 0 Å². The number of rotatable bonds is 3. The molecule has 1 aliphatic rings. The van der Waals surface area contributed by atoms with Crippen LogP contribution in [-0.4, -0.2) is 29.8 Å². The van der Waals surface area contributed by atoms with E-state index < -0.39 is 0 Å². The summed E-state index contributed by atoms with van der Waals surface area (Å²) >= 11 is 0. The second kappa shape index (κ2) is 7.62. The third-order valence-corrected chi connectivity index (χ3v) is 5.07. The molecule has 0 spiro atoms. The maximum Gasteiger partial charge on any atom is 0.256 e. The number of carbonyl (C=O) groups excluding carboxylic acids is 2. The number of benzene rings is 3. The summed E-state index contributed by atoms with van der Waals surface area (Å²) < 4.78 is 0. The Kier molecular flexibility index (Phi) is 4.88. The van der Waals surface area contributed by atoms with Crippen molar-refractivity contribution in [3.05, 3.63) is 77.9 Å². The van der Waals surface area contributed by atoms with Gasteiger partial charge in [0.25, 0.3) is 11.8 Å². The van der Waals surface area contributed by atoms with Gasteiger partial charge in [-0.2, -0.15) is 0 Å². The Hall–Kier alpha value is -3.14. The number of nitrogens with one attached hydrogen (secondary N) is 1. The predicted octanol–water partition coefficient (Wildman–Crippen LogP) is 4.72. The van der Waals surface area contributed by atoms with Crippen LogP contribution in [0.4, 0.5) is 5.69 Å². The van der Waals surface area contributed by atoms with E-state index in [0.29, 0.717) is 16.8 Å². The molecule has 0 unspecified atom stereocenters. The van der Waals surface area contributed by atoms with Gasteiger partial charge in [0, 0.05) is 29.9 Å². The second-order valence-corrected chi connectivity index (χ2v) is 6.91. The molecule has 0 saturated carbocycles. The molecule has 4 heteroatoms. The standard InChI is InChI=1S/C23H22N2O2/c26-22(21-10-6-8-17-7-2-3-9-20(17)21)24-19-13-11-18(12-14-19)23(27)25-15-4-1-5-16-25/h2-3,6-14H,1,4-5,15-16H2,(H,24,26). The minimum atomic E-state index is -0.151. The van der Waals surface area contributed by atoms with Crippen molar-refractivity contribution in [3.8, 4) is 0 Å². The number of amides is 2. The number of nitrogens with zero attached hydrogens (tertiary/aromatic N) is 1. The van der Waals surface area contributed by atoms with Crippen LogP contribution in [0.2, 0.25) is 0 Å². The molecule has 27 heavy (non-hydrogen) atoms. The van der Waals surface area contributed by atoms with E-state index in [0.717, 1.165) is 36.7 Å². The van der Waals surface area contributed by atoms with Gasteiger partial charge in [-0.25, -0.2) is 0 Å². The van der Waals surface area contributed by atoms with Gasteiger partial charge in [0.05, 0.1) is 0 Å². The Morgan fingerprint density at radius 3 is 2.26 bits per heavy atom. The lowest BCUT2D eigenvalue weighted by atomic mass is 10.0. The van der Waals surface area contributed by atoms with Crippen LogP contribution >= 0.6 is 0 Å². The fourth-order valence-electron chi connectivity index (χ4n) is 3.60. The molecular weight excluding hydrogens is 336 g/mol. The maximum absolute atomic E-state index is 12.7. The van der Waals surface area contributed by atoms with Crippen molar-refractivity contribution >= 4 is 28.3 Å². The molecule has 136 valence electrons. The number of piperidine rings is 1. The van der Waals surface area contributed by atoms with E-state index in [9.17, 15) is 9.59 Å². The Morgan fingerprint density at radius 2 is 1.48 bits per heavy atom. The topological polar surface area (TPSA) is 49.4 Å². The molecule has 0 aliphatic carbocycles. The average Bonchev–Trinajstić information content (AvgIpc) is 2.74. The monoisotopic (exact) mass is 358 g/mol. The number of anilines is 1. The molecule has 3 aromatic rings. The zero-order valence-electron chi connectivity index (χ0n) is 15.2. The van der Waals surface area contributed by atoms with E-state index in [2.05, 4.69) is 5.32 Å². The van der Waals surface area contributed by atoms with Gasteiger partial charge in [-0.3, -0.25) is 9.59 Å². The molecule has 1 N–H and O–H groups in total. The molecule has 0 atom stereocenters. The molecule has 3 aromatic carbocycles. The highest BCUT2D eigenvalue weighted by Crippen LogP contribution is 2.20. The largest absolute Gasteiger partial charge is 0.339 e. The Balaban J connectivity index is 1.49. The third kappa shape index (κ3) is 3.70. The summed E-state index contributed by atoms with van der Waals surface area (Å²) in [5, 5.41) is 4.89. The molecule has 1 saturated heterocycles. The van der Waals surface area contributed by atoms with Gasteiger partial charge in [0.1, 0.15) is 0 Å². The number of likely N-dealkylation sites (tertiary alicyclic amines) is 1. The first-order valence-electron chi connectivity index (χ1n) is 9.41. The van der Waals surface area contributed by atoms with Crippen molar-refractivity contribution in [2.24, 2.45) is 0 Å². The Morgan fingerprint density at radius 1 is 0.778 bits per heavy atom. The van der Waals surface area contributed by atoms with Crippen molar-refractivity contribution in [3.63, 3.8) is 0 Å². The van der Waals surface area contributed by atoms with Gasteiger partial charge < -0.3 is 10.2 Å². The smallest absolute Gasteiger partial charge is 0.256 e. The first kappa shape index (κ1) is 17.3. The first-order valence-corrected chi connectivity index (χ1v) is 9.41. The lowest BCUT2D eigenvalue weighted by molar-refractivity contribution is 0.0724. The quantitative estimate of drug-likeness (QED) is 0.736. The van der Waals surface area contributed by atoms with E-state index in [-0.39, 0.29) is 11.8 Å². The van der Waals surface area contributed by atoms with Gasteiger partial charge in [0.2, 0.25) is 0 Å². The molecule has 1 fully saturated rings. The summed E-state index contributed by atoms with van der Waals surface area (Å²) in [5.74, 6) is -0.0801.